The van der Waals surface area contributed by atoms with Crippen molar-refractivity contribution in [3.8, 4) is 0 Å². The van der Waals surface area contributed by atoms with Crippen molar-refractivity contribution in [3.63, 3.8) is 0 Å². The second kappa shape index (κ2) is 10.3. The zero-order valence-corrected chi connectivity index (χ0v) is 26.9. The monoisotopic (exact) mass is 581 g/mol. The Balaban J connectivity index is 1.54. The van der Waals surface area contributed by atoms with Crippen molar-refractivity contribution in [1.29, 1.82) is 0 Å². The highest BCUT2D eigenvalue weighted by Gasteiger charge is 2.81. The van der Waals surface area contributed by atoms with Crippen LogP contribution in [0.25, 0.3) is 0 Å². The minimum atomic E-state index is -0.969. The topological polar surface area (TPSA) is 102 Å². The van der Waals surface area contributed by atoms with Gasteiger partial charge in [0.25, 0.3) is 0 Å². The molecule has 0 aromatic rings. The summed E-state index contributed by atoms with van der Waals surface area (Å²) >= 11 is 0. The number of carbonyl (C=O) groups is 3. The highest BCUT2D eigenvalue weighted by atomic mass is 16.6. The van der Waals surface area contributed by atoms with Gasteiger partial charge in [0.1, 0.15) is 6.10 Å². The summed E-state index contributed by atoms with van der Waals surface area (Å²) in [5.74, 6) is -0.413. The summed E-state index contributed by atoms with van der Waals surface area (Å²) in [5.41, 5.74) is 1.22. The lowest BCUT2D eigenvalue weighted by Gasteiger charge is -2.61. The van der Waals surface area contributed by atoms with Gasteiger partial charge in [0, 0.05) is 31.6 Å². The number of fused-ring (bicyclic) bond motifs is 2. The van der Waals surface area contributed by atoms with E-state index in [4.69, 9.17) is 9.47 Å². The fraction of sp³-hybridized carbons (Fsp3) is 0.771. The van der Waals surface area contributed by atoms with E-state index in [1.165, 1.54) is 13.8 Å². The number of ether oxygens (including phenoxy) is 2. The molecule has 0 bridgehead atoms. The van der Waals surface area contributed by atoms with Gasteiger partial charge in [-0.05, 0) is 96.0 Å². The standard InChI is InChI=1S/C35H51NO6/c1-10-19(2)20(3)30(39)31(42-24(7)38)22(5)29-27(41-23(6)37)17-33(9)28-12-11-25-21(4)26(36-40)13-14-34(25)18-35(28,34)16-15-32(29,33)8/h13-14,19,21-22,25,27-29,31,40H,3,10-12,15-18H2,1-2,4-9H3/b36-26-/t19-,21-,22-,25-,27-,28-,29-,31+,32+,33-,34+,35-/m0/s1. The average molecular weight is 582 g/mol. The molecule has 5 aliphatic carbocycles. The molecule has 1 N–H and O–H groups in total. The van der Waals surface area contributed by atoms with E-state index in [0.29, 0.717) is 17.4 Å². The number of nitrogens with zero attached hydrogens (tertiary/aromatic N) is 1. The predicted octanol–water partition coefficient (Wildman–Crippen LogP) is 6.92. The van der Waals surface area contributed by atoms with Crippen LogP contribution < -0.4 is 0 Å². The first-order valence-electron chi connectivity index (χ1n) is 16.1. The van der Waals surface area contributed by atoms with Gasteiger partial charge in [-0.1, -0.05) is 59.4 Å². The first-order chi connectivity index (χ1) is 19.6. The number of ketones is 1. The van der Waals surface area contributed by atoms with Gasteiger partial charge >= 0.3 is 11.9 Å². The van der Waals surface area contributed by atoms with Crippen molar-refractivity contribution in [1.82, 2.24) is 0 Å². The lowest BCUT2D eigenvalue weighted by molar-refractivity contribution is -0.166. The molecule has 7 nitrogen and oxygen atoms in total. The number of hydrogen-bond donors (Lipinski definition) is 1. The Kier molecular flexibility index (Phi) is 7.63. The van der Waals surface area contributed by atoms with E-state index in [-0.39, 0.29) is 63.2 Å². The van der Waals surface area contributed by atoms with E-state index >= 15 is 0 Å². The Morgan fingerprint density at radius 2 is 1.81 bits per heavy atom. The van der Waals surface area contributed by atoms with E-state index in [0.717, 1.165) is 50.7 Å². The van der Waals surface area contributed by atoms with Crippen LogP contribution in [0.5, 0.6) is 0 Å². The number of oxime groups is 1. The number of rotatable bonds is 8. The predicted molar refractivity (Wildman–Crippen MR) is 161 cm³/mol. The summed E-state index contributed by atoms with van der Waals surface area (Å²) in [6.45, 7) is 19.9. The Morgan fingerprint density at radius 1 is 1.12 bits per heavy atom. The second-order valence-electron chi connectivity index (χ2n) is 15.1. The van der Waals surface area contributed by atoms with Crippen molar-refractivity contribution in [2.75, 3.05) is 0 Å². The van der Waals surface area contributed by atoms with Crippen molar-refractivity contribution in [2.24, 2.45) is 62.3 Å². The van der Waals surface area contributed by atoms with E-state index in [2.05, 4.69) is 44.7 Å². The molecule has 0 aromatic carbocycles. The van der Waals surface area contributed by atoms with Crippen LogP contribution in [0.3, 0.4) is 0 Å². The van der Waals surface area contributed by atoms with Crippen LogP contribution in [0.4, 0.5) is 0 Å². The molecule has 0 heterocycles. The molecule has 0 amide bonds. The molecule has 2 spiro atoms. The van der Waals surface area contributed by atoms with Crippen LogP contribution in [-0.4, -0.2) is 40.8 Å². The van der Waals surface area contributed by atoms with Crippen LogP contribution in [-0.2, 0) is 23.9 Å². The van der Waals surface area contributed by atoms with Gasteiger partial charge in [-0.2, -0.15) is 0 Å². The van der Waals surface area contributed by atoms with Crippen molar-refractivity contribution in [2.45, 2.75) is 113 Å². The second-order valence-corrected chi connectivity index (χ2v) is 15.1. The fourth-order valence-electron chi connectivity index (χ4n) is 11.2. The molecular formula is C35H51NO6. The van der Waals surface area contributed by atoms with Crippen LogP contribution >= 0.6 is 0 Å². The van der Waals surface area contributed by atoms with Gasteiger partial charge < -0.3 is 14.7 Å². The normalized spacial score (nSPS) is 44.5. The van der Waals surface area contributed by atoms with Crippen LogP contribution in [0.1, 0.15) is 100 Å². The molecule has 0 unspecified atom stereocenters. The highest BCUT2D eigenvalue weighted by molar-refractivity contribution is 6.00. The number of esters is 2. The summed E-state index contributed by atoms with van der Waals surface area (Å²) in [6, 6.07) is 0. The third-order valence-corrected chi connectivity index (χ3v) is 13.6. The van der Waals surface area contributed by atoms with Crippen LogP contribution in [0.2, 0.25) is 0 Å². The molecule has 7 heteroatoms. The molecule has 0 saturated heterocycles. The summed E-state index contributed by atoms with van der Waals surface area (Å²) < 4.78 is 12.0. The van der Waals surface area contributed by atoms with Crippen molar-refractivity contribution < 1.29 is 29.1 Å². The molecule has 0 aliphatic heterocycles. The smallest absolute Gasteiger partial charge is 0.303 e. The molecule has 232 valence electrons. The minimum Gasteiger partial charge on any atom is -0.462 e. The lowest BCUT2D eigenvalue weighted by atomic mass is 9.43. The maximum Gasteiger partial charge on any atom is 0.303 e. The quantitative estimate of drug-likeness (QED) is 0.144. The van der Waals surface area contributed by atoms with Crippen LogP contribution in [0, 0.1) is 57.2 Å². The maximum atomic E-state index is 13.9. The summed E-state index contributed by atoms with van der Waals surface area (Å²) in [6.07, 6.45) is 9.92. The van der Waals surface area contributed by atoms with E-state index in [1.807, 2.05) is 20.8 Å². The molecule has 12 atom stereocenters. The summed E-state index contributed by atoms with van der Waals surface area (Å²) in [4.78, 5) is 38.7. The third-order valence-electron chi connectivity index (χ3n) is 13.6. The van der Waals surface area contributed by atoms with Gasteiger partial charge in [-0.15, -0.1) is 0 Å². The van der Waals surface area contributed by atoms with E-state index < -0.39 is 12.1 Å². The molecule has 4 fully saturated rings. The first-order valence-corrected chi connectivity index (χ1v) is 16.1. The zero-order chi connectivity index (χ0) is 31.0. The Hall–Kier alpha value is -2.44. The van der Waals surface area contributed by atoms with E-state index in [1.54, 1.807) is 0 Å². The molecule has 5 aliphatic rings. The SMILES string of the molecule is C=C(C(=O)[C@H](OC(C)=O)[C@@H](C)[C@H]1[C@@H](OC(C)=O)C[C@@]2(C)[C@@H]3CC[C@H]4[C@H](C)/C(=N\O)C=C[C@@]45C[C@@]35CC[C@]12C)[C@@H](C)CC. The molecule has 42 heavy (non-hydrogen) atoms. The van der Waals surface area contributed by atoms with Crippen molar-refractivity contribution >= 4 is 23.4 Å². The first kappa shape index (κ1) is 31.0. The number of allylic oxidation sites excluding steroid dienone is 2. The van der Waals surface area contributed by atoms with Crippen LogP contribution in [0.15, 0.2) is 29.5 Å². The van der Waals surface area contributed by atoms with E-state index in [9.17, 15) is 19.6 Å². The minimum absolute atomic E-state index is 0.0189. The van der Waals surface area contributed by atoms with Gasteiger partial charge in [0.2, 0.25) is 0 Å². The van der Waals surface area contributed by atoms with Gasteiger partial charge in [-0.25, -0.2) is 0 Å². The van der Waals surface area contributed by atoms with Gasteiger partial charge in [-0.3, -0.25) is 14.4 Å². The third kappa shape index (κ3) is 4.11. The average Bonchev–Trinajstić information content (AvgIpc) is 3.53. The number of carbonyl (C=O) groups excluding carboxylic acids is 3. The molecule has 0 aromatic heterocycles. The molecular weight excluding hydrogens is 530 g/mol. The number of Topliss-reactive ketones (excluding diaryl/α,β-unsaturated/α-hetero) is 1. The zero-order valence-electron chi connectivity index (χ0n) is 26.9. The Bertz CT molecular complexity index is 1240. The van der Waals surface area contributed by atoms with Gasteiger partial charge in [0.15, 0.2) is 11.9 Å². The van der Waals surface area contributed by atoms with Gasteiger partial charge in [0.05, 0.1) is 5.71 Å². The molecule has 4 saturated carbocycles. The summed E-state index contributed by atoms with van der Waals surface area (Å²) in [7, 11) is 0. The molecule has 5 rings (SSSR count). The Labute approximate surface area is 251 Å². The Morgan fingerprint density at radius 3 is 2.40 bits per heavy atom. The lowest BCUT2D eigenvalue weighted by Crippen LogP contribution is -2.56. The highest BCUT2D eigenvalue weighted by Crippen LogP contribution is 2.87. The summed E-state index contributed by atoms with van der Waals surface area (Å²) in [5, 5.41) is 13.2. The largest absolute Gasteiger partial charge is 0.462 e. The fourth-order valence-corrected chi connectivity index (χ4v) is 11.2. The number of hydrogen-bond acceptors (Lipinski definition) is 7. The molecule has 0 radical (unpaired) electrons. The maximum absolute atomic E-state index is 13.9. The van der Waals surface area contributed by atoms with Crippen molar-refractivity contribution in [3.05, 3.63) is 24.3 Å².